The molecule has 27 heavy (non-hydrogen) atoms. The maximum atomic E-state index is 12.0. The van der Waals surface area contributed by atoms with Gasteiger partial charge in [-0.25, -0.2) is 4.79 Å². The van der Waals surface area contributed by atoms with E-state index in [0.717, 1.165) is 5.69 Å². The van der Waals surface area contributed by atoms with E-state index in [-0.39, 0.29) is 19.3 Å². The van der Waals surface area contributed by atoms with Crippen LogP contribution in [-0.2, 0) is 9.53 Å². The van der Waals surface area contributed by atoms with Crippen LogP contribution in [0.15, 0.2) is 48.5 Å². The Labute approximate surface area is 157 Å². The van der Waals surface area contributed by atoms with Gasteiger partial charge in [0.15, 0.2) is 18.1 Å². The van der Waals surface area contributed by atoms with Gasteiger partial charge in [-0.2, -0.15) is 0 Å². The molecule has 0 radical (unpaired) electrons. The van der Waals surface area contributed by atoms with E-state index in [1.165, 1.54) is 0 Å². The Morgan fingerprint density at radius 1 is 1.11 bits per heavy atom. The van der Waals surface area contributed by atoms with E-state index >= 15 is 0 Å². The summed E-state index contributed by atoms with van der Waals surface area (Å²) in [6, 6.07) is 14.3. The van der Waals surface area contributed by atoms with Gasteiger partial charge in [0.05, 0.1) is 12.1 Å². The Bertz CT molecular complexity index is 804. The molecule has 0 saturated heterocycles. The minimum absolute atomic E-state index is 0.266. The van der Waals surface area contributed by atoms with E-state index in [0.29, 0.717) is 23.7 Å². The fourth-order valence-corrected chi connectivity index (χ4v) is 2.55. The van der Waals surface area contributed by atoms with Gasteiger partial charge < -0.3 is 24.4 Å². The van der Waals surface area contributed by atoms with Crippen molar-refractivity contribution in [1.82, 2.24) is 5.32 Å². The Hall–Kier alpha value is -3.22. The highest BCUT2D eigenvalue weighted by molar-refractivity contribution is 5.91. The Balaban J connectivity index is 1.41. The number of rotatable bonds is 6. The average molecular weight is 370 g/mol. The molecule has 0 fully saturated rings. The number of amides is 1. The predicted octanol–water partition coefficient (Wildman–Crippen LogP) is 1.87. The van der Waals surface area contributed by atoms with Crippen LogP contribution in [0.5, 0.6) is 11.5 Å². The molecule has 2 aromatic rings. The molecule has 0 bridgehead atoms. The third-order valence-electron chi connectivity index (χ3n) is 4.05. The van der Waals surface area contributed by atoms with Crippen molar-refractivity contribution in [3.8, 4) is 11.5 Å². The Morgan fingerprint density at radius 2 is 1.81 bits per heavy atom. The maximum absolute atomic E-state index is 12.0. The standard InChI is InChI=1S/C20H22N2O5/c1-22(2)15-9-7-14(8-10-15)20(24)26-13-19(23)21-11-16-12-25-17-5-3-4-6-18(17)27-16/h3-10,16H,11-13H2,1-2H3,(H,21,23). The highest BCUT2D eigenvalue weighted by atomic mass is 16.6. The van der Waals surface area contributed by atoms with Gasteiger partial charge in [-0.1, -0.05) is 12.1 Å². The van der Waals surface area contributed by atoms with Gasteiger partial charge >= 0.3 is 5.97 Å². The van der Waals surface area contributed by atoms with Crippen molar-refractivity contribution in [3.63, 3.8) is 0 Å². The van der Waals surface area contributed by atoms with Crippen LogP contribution in [0.25, 0.3) is 0 Å². The van der Waals surface area contributed by atoms with E-state index < -0.39 is 11.9 Å². The fourth-order valence-electron chi connectivity index (χ4n) is 2.55. The first-order chi connectivity index (χ1) is 13.0. The number of nitrogens with zero attached hydrogens (tertiary/aromatic N) is 1. The van der Waals surface area contributed by atoms with Crippen LogP contribution in [0.2, 0.25) is 0 Å². The molecule has 0 saturated carbocycles. The second-order valence-electron chi connectivity index (χ2n) is 6.32. The summed E-state index contributed by atoms with van der Waals surface area (Å²) < 4.78 is 16.4. The third kappa shape index (κ3) is 4.91. The molecule has 3 rings (SSSR count). The number of para-hydroxylation sites is 2. The zero-order valence-corrected chi connectivity index (χ0v) is 15.3. The van der Waals surface area contributed by atoms with Gasteiger partial charge in [0, 0.05) is 19.8 Å². The molecular formula is C20H22N2O5. The molecule has 2 aromatic carbocycles. The van der Waals surface area contributed by atoms with Crippen LogP contribution in [0.1, 0.15) is 10.4 Å². The summed E-state index contributed by atoms with van der Waals surface area (Å²) in [7, 11) is 3.83. The molecule has 1 heterocycles. The normalized spacial score (nSPS) is 15.0. The van der Waals surface area contributed by atoms with E-state index in [4.69, 9.17) is 14.2 Å². The Morgan fingerprint density at radius 3 is 2.52 bits per heavy atom. The monoisotopic (exact) mass is 370 g/mol. The van der Waals surface area contributed by atoms with E-state index in [1.54, 1.807) is 12.1 Å². The van der Waals surface area contributed by atoms with Crippen molar-refractivity contribution < 1.29 is 23.8 Å². The summed E-state index contributed by atoms with van der Waals surface area (Å²) in [5.41, 5.74) is 1.37. The number of carbonyl (C=O) groups is 2. The molecule has 142 valence electrons. The third-order valence-corrected chi connectivity index (χ3v) is 4.05. The van der Waals surface area contributed by atoms with Crippen LogP contribution in [-0.4, -0.2) is 51.8 Å². The van der Waals surface area contributed by atoms with Crippen molar-refractivity contribution in [3.05, 3.63) is 54.1 Å². The number of fused-ring (bicyclic) bond motifs is 1. The van der Waals surface area contributed by atoms with Crippen molar-refractivity contribution in [2.75, 3.05) is 38.8 Å². The van der Waals surface area contributed by atoms with Crippen molar-refractivity contribution >= 4 is 17.6 Å². The number of ether oxygens (including phenoxy) is 3. The van der Waals surface area contributed by atoms with E-state index in [1.807, 2.05) is 55.4 Å². The van der Waals surface area contributed by atoms with E-state index in [9.17, 15) is 9.59 Å². The predicted molar refractivity (Wildman–Crippen MR) is 100 cm³/mol. The zero-order chi connectivity index (χ0) is 19.2. The van der Waals surface area contributed by atoms with Gasteiger partial charge in [-0.3, -0.25) is 4.79 Å². The molecule has 0 aromatic heterocycles. The van der Waals surface area contributed by atoms with Crippen molar-refractivity contribution in [1.29, 1.82) is 0 Å². The van der Waals surface area contributed by atoms with Crippen LogP contribution in [0, 0.1) is 0 Å². The molecule has 1 atom stereocenters. The topological polar surface area (TPSA) is 77.1 Å². The summed E-state index contributed by atoms with van der Waals surface area (Å²) in [6.45, 7) is 0.260. The summed E-state index contributed by atoms with van der Waals surface area (Å²) in [6.07, 6.45) is -0.293. The molecule has 0 spiro atoms. The van der Waals surface area contributed by atoms with Gasteiger partial charge in [0.1, 0.15) is 12.7 Å². The molecule has 1 amide bonds. The zero-order valence-electron chi connectivity index (χ0n) is 15.3. The van der Waals surface area contributed by atoms with E-state index in [2.05, 4.69) is 5.32 Å². The molecule has 1 aliphatic heterocycles. The molecule has 7 nitrogen and oxygen atoms in total. The highest BCUT2D eigenvalue weighted by Crippen LogP contribution is 2.30. The number of nitrogens with one attached hydrogen (secondary N) is 1. The quantitative estimate of drug-likeness (QED) is 0.783. The van der Waals surface area contributed by atoms with Gasteiger partial charge in [0.25, 0.3) is 5.91 Å². The number of hydrogen-bond donors (Lipinski definition) is 1. The minimum Gasteiger partial charge on any atom is -0.486 e. The fraction of sp³-hybridized carbons (Fsp3) is 0.300. The Kier molecular flexibility index (Phi) is 5.80. The second-order valence-corrected chi connectivity index (χ2v) is 6.32. The smallest absolute Gasteiger partial charge is 0.338 e. The van der Waals surface area contributed by atoms with Crippen molar-refractivity contribution in [2.45, 2.75) is 6.10 Å². The highest BCUT2D eigenvalue weighted by Gasteiger charge is 2.21. The molecule has 1 unspecified atom stereocenters. The van der Waals surface area contributed by atoms with Gasteiger partial charge in [-0.05, 0) is 36.4 Å². The molecule has 1 N–H and O–H groups in total. The SMILES string of the molecule is CN(C)c1ccc(C(=O)OCC(=O)NCC2COc3ccccc3O2)cc1. The number of carbonyl (C=O) groups excluding carboxylic acids is 2. The summed E-state index contributed by atoms with van der Waals surface area (Å²) in [5, 5.41) is 2.69. The number of anilines is 1. The minimum atomic E-state index is -0.540. The van der Waals surface area contributed by atoms with Crippen LogP contribution in [0.4, 0.5) is 5.69 Å². The number of esters is 1. The lowest BCUT2D eigenvalue weighted by Gasteiger charge is -2.26. The first-order valence-corrected chi connectivity index (χ1v) is 8.62. The number of hydrogen-bond acceptors (Lipinski definition) is 6. The van der Waals surface area contributed by atoms with Crippen molar-refractivity contribution in [2.24, 2.45) is 0 Å². The van der Waals surface area contributed by atoms with Crippen LogP contribution in [0.3, 0.4) is 0 Å². The molecule has 1 aliphatic rings. The van der Waals surface area contributed by atoms with Gasteiger partial charge in [-0.15, -0.1) is 0 Å². The summed E-state index contributed by atoms with van der Waals surface area (Å²) >= 11 is 0. The average Bonchev–Trinajstić information content (AvgIpc) is 2.70. The summed E-state index contributed by atoms with van der Waals surface area (Å²) in [4.78, 5) is 25.9. The lowest BCUT2D eigenvalue weighted by molar-refractivity contribution is -0.124. The first-order valence-electron chi connectivity index (χ1n) is 8.62. The summed E-state index contributed by atoms with van der Waals surface area (Å²) in [5.74, 6) is 0.405. The first kappa shape index (κ1) is 18.6. The molecular weight excluding hydrogens is 348 g/mol. The second kappa shape index (κ2) is 8.44. The van der Waals surface area contributed by atoms with Gasteiger partial charge in [0.2, 0.25) is 0 Å². The molecule has 0 aliphatic carbocycles. The lowest BCUT2D eigenvalue weighted by Crippen LogP contribution is -2.42. The maximum Gasteiger partial charge on any atom is 0.338 e. The van der Waals surface area contributed by atoms with Crippen LogP contribution >= 0.6 is 0 Å². The lowest BCUT2D eigenvalue weighted by atomic mass is 10.2. The number of benzene rings is 2. The van der Waals surface area contributed by atoms with Crippen LogP contribution < -0.4 is 19.7 Å². The molecule has 7 heteroatoms. The largest absolute Gasteiger partial charge is 0.486 e.